The average molecular weight is 1820 g/mol. The first-order valence-electron chi connectivity index (χ1n) is 57.9. The van der Waals surface area contributed by atoms with Gasteiger partial charge in [0.15, 0.2) is 34.5 Å². The molecule has 0 unspecified atom stereocenters. The highest BCUT2D eigenvalue weighted by atomic mass is 16.5. The number of rotatable bonds is 96. The van der Waals surface area contributed by atoms with E-state index in [0.29, 0.717) is 74.1 Å². The zero-order valence-corrected chi connectivity index (χ0v) is 87.6. The third-order valence-corrected chi connectivity index (χ3v) is 27.2. The average Bonchev–Trinajstić information content (AvgIpc) is 0.829. The Labute approximate surface area is 814 Å². The van der Waals surface area contributed by atoms with Crippen LogP contribution in [-0.4, -0.2) is 39.6 Å². The number of hydrogen-bond donors (Lipinski definition) is 0. The van der Waals surface area contributed by atoms with Crippen molar-refractivity contribution in [3.63, 3.8) is 0 Å². The quantitative estimate of drug-likeness (QED) is 0.0324. The molecule has 0 heterocycles. The van der Waals surface area contributed by atoms with E-state index in [1.54, 1.807) is 0 Å². The Kier molecular flexibility index (Phi) is 82.8. The number of benzene rings is 3. The van der Waals surface area contributed by atoms with Crippen LogP contribution in [0.5, 0.6) is 34.5 Å². The van der Waals surface area contributed by atoms with E-state index in [1.165, 1.54) is 462 Å². The summed E-state index contributed by atoms with van der Waals surface area (Å²) in [6.07, 6.45) is 110. The highest BCUT2D eigenvalue weighted by molar-refractivity contribution is 5.48. The van der Waals surface area contributed by atoms with Crippen molar-refractivity contribution in [1.82, 2.24) is 0 Å². The Morgan fingerprint density at radius 1 is 0.121 bits per heavy atom. The molecule has 0 aliphatic heterocycles. The Morgan fingerprint density at radius 2 is 0.205 bits per heavy atom. The summed E-state index contributed by atoms with van der Waals surface area (Å²) in [5.41, 5.74) is 40.8. The summed E-state index contributed by atoms with van der Waals surface area (Å²) in [5, 5.41) is 4.31. The maximum atomic E-state index is 6.83. The van der Waals surface area contributed by atoms with Gasteiger partial charge in [0.25, 0.3) is 0 Å². The monoisotopic (exact) mass is 1810 g/mol. The van der Waals surface area contributed by atoms with Gasteiger partial charge >= 0.3 is 0 Å². The van der Waals surface area contributed by atoms with E-state index in [2.05, 4.69) is 110 Å². The third kappa shape index (κ3) is 68.8. The number of unbranched alkanes of at least 4 members (excludes halogenated alkanes) is 78. The molecule has 6 heteroatoms. The van der Waals surface area contributed by atoms with Gasteiger partial charge in [-0.2, -0.15) is 0 Å². The van der Waals surface area contributed by atoms with Gasteiger partial charge < -0.3 is 28.4 Å². The number of hydrogen-bond acceptors (Lipinski definition) is 6. The first kappa shape index (κ1) is 118. The maximum Gasteiger partial charge on any atom is 0.162 e. The van der Waals surface area contributed by atoms with Crippen LogP contribution in [-0.2, 0) is 0 Å². The topological polar surface area (TPSA) is 55.4 Å². The van der Waals surface area contributed by atoms with Gasteiger partial charge in [-0.05, 0) is 72.9 Å². The molecular weight excluding hydrogens is 1610 g/mol. The van der Waals surface area contributed by atoms with Gasteiger partial charge in [-0.3, -0.25) is 0 Å². The summed E-state index contributed by atoms with van der Waals surface area (Å²) in [4.78, 5) is 0. The van der Waals surface area contributed by atoms with Gasteiger partial charge in [-0.1, -0.05) is 577 Å². The van der Waals surface area contributed by atoms with E-state index in [4.69, 9.17) is 28.4 Å². The van der Waals surface area contributed by atoms with E-state index in [1.807, 2.05) is 36.4 Å². The Morgan fingerprint density at radius 3 is 0.295 bits per heavy atom. The molecule has 3 aromatic rings. The molecule has 0 amide bonds. The lowest BCUT2D eigenvalue weighted by molar-refractivity contribution is 0.258. The lowest BCUT2D eigenvalue weighted by Crippen LogP contribution is -2.23. The molecule has 0 bridgehead atoms. The predicted molar refractivity (Wildman–Crippen MR) is 573 cm³/mol. The Bertz CT molecular complexity index is 3340. The molecule has 1 aliphatic carbocycles. The smallest absolute Gasteiger partial charge is 0.162 e. The van der Waals surface area contributed by atoms with Crippen molar-refractivity contribution in [3.05, 3.63) is 102 Å². The summed E-state index contributed by atoms with van der Waals surface area (Å²) in [6, 6.07) is 12.3. The van der Waals surface area contributed by atoms with Crippen molar-refractivity contribution >= 4 is 34.4 Å². The van der Waals surface area contributed by atoms with Crippen molar-refractivity contribution in [2.45, 2.75) is 581 Å². The largest absolute Gasteiger partial charge is 0.490 e. The summed E-state index contributed by atoms with van der Waals surface area (Å²) < 4.78 is 41.0. The van der Waals surface area contributed by atoms with Crippen molar-refractivity contribution in [1.29, 1.82) is 0 Å². The van der Waals surface area contributed by atoms with Gasteiger partial charge in [0.05, 0.1) is 39.6 Å². The molecule has 0 radical (unpaired) electrons. The zero-order valence-electron chi connectivity index (χ0n) is 87.6. The van der Waals surface area contributed by atoms with Crippen LogP contribution in [0, 0.1) is 0 Å². The van der Waals surface area contributed by atoms with Crippen LogP contribution in [0.25, 0.3) is 34.4 Å². The lowest BCUT2D eigenvalue weighted by Gasteiger charge is -2.13. The fraction of sp³-hybridized carbons (Fsp3) is 0.762. The fourth-order valence-electron chi connectivity index (χ4n) is 18.4. The molecule has 0 aromatic heterocycles. The second-order valence-corrected chi connectivity index (χ2v) is 39.7. The molecule has 4 rings (SSSR count). The van der Waals surface area contributed by atoms with Crippen LogP contribution >= 0.6 is 0 Å². The van der Waals surface area contributed by atoms with Gasteiger partial charge in [-0.15, -0.1) is 0 Å². The van der Waals surface area contributed by atoms with Gasteiger partial charge in [-0.25, -0.2) is 0 Å². The van der Waals surface area contributed by atoms with Crippen LogP contribution < -0.4 is 59.7 Å². The molecule has 1 aliphatic rings. The second-order valence-electron chi connectivity index (χ2n) is 39.7. The van der Waals surface area contributed by atoms with Gasteiger partial charge in [0, 0.05) is 67.7 Å². The van der Waals surface area contributed by atoms with E-state index < -0.39 is 0 Å². The van der Waals surface area contributed by atoms with Gasteiger partial charge in [0.1, 0.15) is 0 Å². The molecule has 0 spiro atoms. The summed E-state index contributed by atoms with van der Waals surface area (Å²) in [5.74, 6) is 4.20. The Balaban J connectivity index is 1.88. The minimum Gasteiger partial charge on any atom is -0.490 e. The van der Waals surface area contributed by atoms with Crippen LogP contribution in [0.15, 0.2) is 70.8 Å². The maximum absolute atomic E-state index is 6.83. The first-order chi connectivity index (χ1) is 65.5. The van der Waals surface area contributed by atoms with E-state index in [9.17, 15) is 0 Å². The number of fused-ring (bicyclic) bond motifs is 3. The standard InChI is InChI=1S/C126H204O6/c1-7-13-19-25-31-37-43-49-55-61-67-73-79-91-103-127-121-109-115-97-85-86-99-117-111-123(129-105-93-81-75-69-63-57-51-45-39-33-27-21-15-9-3)125(131-107-95-83-77-71-65-59-53-47-41-35-29-23-17-11-5)113-119(117)101-89-90-102-120-114-126(132-108-96-84-78-72-66-60-54-48-42-36-30-24-18-12-6)124(130-106-94-82-76-70-64-58-52-46-40-34-28-22-16-10-4)112-118(120)100-88-87-98-116(115)110-122(121)128-104-92-80-74-68-62-56-50-44-38-32-26-20-14-8-2/h109-114H,7-84,91-96,103-108H2,1-6H3. The molecular formula is C126H204O6. The number of ether oxygens (including phenoxy) is 6. The van der Waals surface area contributed by atoms with Crippen LogP contribution in [0.1, 0.15) is 581 Å². The second kappa shape index (κ2) is 92.5. The molecule has 0 N–H and O–H groups in total. The molecule has 0 fully saturated rings. The van der Waals surface area contributed by atoms with E-state index in [0.717, 1.165) is 108 Å². The first-order valence-corrected chi connectivity index (χ1v) is 57.9. The summed E-state index contributed by atoms with van der Waals surface area (Å²) >= 11 is 0. The molecule has 0 saturated heterocycles. The SMILES string of the molecule is CCCCCCCCCCCCCCCCOc1cc2c(cc1OCCCCCCCCCCCCCCCC)=C=C=C=C=c1cc(OCCCCCCCCCCCCCCCC)c(OCCCCCCCCCCCCCCCC)cc1=C=C=C=C=c1cc(OCCCCCCCCCCCCCCCC)c(OCCCCCCCCCCCCCCCC)cc1=C=C=C=C=2. The normalized spacial score (nSPS) is 11.4. The zero-order chi connectivity index (χ0) is 93.5. The molecule has 6 nitrogen and oxygen atoms in total. The molecule has 744 valence electrons. The molecule has 3 aromatic carbocycles. The van der Waals surface area contributed by atoms with E-state index >= 15 is 0 Å². The molecule has 132 heavy (non-hydrogen) atoms. The highest BCUT2D eigenvalue weighted by Gasteiger charge is 2.13. The van der Waals surface area contributed by atoms with Crippen molar-refractivity contribution in [2.75, 3.05) is 39.6 Å². The van der Waals surface area contributed by atoms with Crippen molar-refractivity contribution < 1.29 is 28.4 Å². The van der Waals surface area contributed by atoms with Crippen molar-refractivity contribution in [3.8, 4) is 34.5 Å². The van der Waals surface area contributed by atoms with Gasteiger partial charge in [0.2, 0.25) is 0 Å². The summed E-state index contributed by atoms with van der Waals surface area (Å²) in [6.45, 7) is 17.4. The van der Waals surface area contributed by atoms with Crippen LogP contribution in [0.2, 0.25) is 0 Å². The Hall–Kier alpha value is -6.18. The molecule has 0 saturated carbocycles. The lowest BCUT2D eigenvalue weighted by atomic mass is 10.0. The third-order valence-electron chi connectivity index (χ3n) is 27.2. The highest BCUT2D eigenvalue weighted by Crippen LogP contribution is 2.29. The fourth-order valence-corrected chi connectivity index (χ4v) is 18.4. The minimum absolute atomic E-state index is 0.600. The predicted octanol–water partition coefficient (Wildman–Crippen LogP) is 36.1. The van der Waals surface area contributed by atoms with Crippen LogP contribution in [0.3, 0.4) is 0 Å². The van der Waals surface area contributed by atoms with E-state index in [-0.39, 0.29) is 0 Å². The van der Waals surface area contributed by atoms with Crippen molar-refractivity contribution in [2.24, 2.45) is 0 Å². The minimum atomic E-state index is 0.600. The van der Waals surface area contributed by atoms with Crippen LogP contribution in [0.4, 0.5) is 0 Å². The summed E-state index contributed by atoms with van der Waals surface area (Å²) in [7, 11) is 0. The molecule has 0 atom stereocenters.